The summed E-state index contributed by atoms with van der Waals surface area (Å²) in [4.78, 5) is 0. The quantitative estimate of drug-likeness (QED) is 0.740. The van der Waals surface area contributed by atoms with Gasteiger partial charge in [-0.2, -0.15) is 5.26 Å². The van der Waals surface area contributed by atoms with Crippen molar-refractivity contribution in [2.45, 2.75) is 12.5 Å². The lowest BCUT2D eigenvalue weighted by Gasteiger charge is -2.10. The average Bonchev–Trinajstić information content (AvgIpc) is 2.82. The maximum Gasteiger partial charge on any atom is 0.128 e. The Hall–Kier alpha value is -2.27. The standard InChI is InChI=1S/C15H11NO/c16-10-11-6-7-14-13(8-11)9-15(17-14)12-4-2-1-3-5-12/h1-8,15H,9H2. The predicted molar refractivity (Wildman–Crippen MR) is 64.7 cm³/mol. The summed E-state index contributed by atoms with van der Waals surface area (Å²) in [6.45, 7) is 0. The monoisotopic (exact) mass is 221 g/mol. The van der Waals surface area contributed by atoms with Crippen LogP contribution in [0, 0.1) is 11.3 Å². The van der Waals surface area contributed by atoms with Gasteiger partial charge in [0.2, 0.25) is 0 Å². The number of hydrogen-bond acceptors (Lipinski definition) is 2. The van der Waals surface area contributed by atoms with Gasteiger partial charge in [0.15, 0.2) is 0 Å². The Kier molecular flexibility index (Phi) is 2.31. The third kappa shape index (κ3) is 1.76. The Labute approximate surface area is 100 Å². The minimum atomic E-state index is 0.0835. The smallest absolute Gasteiger partial charge is 0.128 e. The summed E-state index contributed by atoms with van der Waals surface area (Å²) in [7, 11) is 0. The Morgan fingerprint density at radius 2 is 1.94 bits per heavy atom. The topological polar surface area (TPSA) is 33.0 Å². The number of rotatable bonds is 1. The number of ether oxygens (including phenoxy) is 1. The van der Waals surface area contributed by atoms with E-state index in [1.165, 1.54) is 5.56 Å². The van der Waals surface area contributed by atoms with E-state index < -0.39 is 0 Å². The lowest BCUT2D eigenvalue weighted by atomic mass is 10.0. The van der Waals surface area contributed by atoms with Crippen LogP contribution in [0.2, 0.25) is 0 Å². The van der Waals surface area contributed by atoms with Crippen molar-refractivity contribution in [3.63, 3.8) is 0 Å². The molecule has 0 amide bonds. The molecule has 1 atom stereocenters. The van der Waals surface area contributed by atoms with Crippen LogP contribution >= 0.6 is 0 Å². The first-order valence-corrected chi connectivity index (χ1v) is 5.61. The molecule has 0 bridgehead atoms. The molecule has 1 aliphatic heterocycles. The lowest BCUT2D eigenvalue weighted by Crippen LogP contribution is -2.02. The van der Waals surface area contributed by atoms with Gasteiger partial charge in [-0.15, -0.1) is 0 Å². The fourth-order valence-electron chi connectivity index (χ4n) is 2.17. The molecule has 3 rings (SSSR count). The van der Waals surface area contributed by atoms with Gasteiger partial charge in [0, 0.05) is 6.42 Å². The van der Waals surface area contributed by atoms with Gasteiger partial charge in [0.1, 0.15) is 11.9 Å². The van der Waals surface area contributed by atoms with Gasteiger partial charge < -0.3 is 4.74 Å². The first-order valence-electron chi connectivity index (χ1n) is 5.61. The van der Waals surface area contributed by atoms with Crippen LogP contribution < -0.4 is 4.74 Å². The van der Waals surface area contributed by atoms with Gasteiger partial charge in [-0.25, -0.2) is 0 Å². The Balaban J connectivity index is 1.91. The fourth-order valence-corrected chi connectivity index (χ4v) is 2.17. The molecule has 1 heterocycles. The van der Waals surface area contributed by atoms with Crippen molar-refractivity contribution < 1.29 is 4.74 Å². The van der Waals surface area contributed by atoms with Crippen molar-refractivity contribution in [3.8, 4) is 11.8 Å². The zero-order valence-corrected chi connectivity index (χ0v) is 9.26. The zero-order chi connectivity index (χ0) is 11.7. The Morgan fingerprint density at radius 3 is 2.71 bits per heavy atom. The van der Waals surface area contributed by atoms with E-state index in [1.807, 2.05) is 30.3 Å². The summed E-state index contributed by atoms with van der Waals surface area (Å²) in [5.74, 6) is 0.901. The second-order valence-corrected chi connectivity index (χ2v) is 4.16. The molecule has 0 radical (unpaired) electrons. The molecule has 0 saturated heterocycles. The lowest BCUT2D eigenvalue weighted by molar-refractivity contribution is 0.238. The molecule has 2 heteroatoms. The van der Waals surface area contributed by atoms with Crippen LogP contribution in [0.1, 0.15) is 22.8 Å². The van der Waals surface area contributed by atoms with Crippen molar-refractivity contribution in [1.82, 2.24) is 0 Å². The molecular weight excluding hydrogens is 210 g/mol. The SMILES string of the molecule is N#Cc1ccc2c(c1)CC(c1ccccc1)O2. The number of hydrogen-bond donors (Lipinski definition) is 0. The molecule has 2 aromatic carbocycles. The summed E-state index contributed by atoms with van der Waals surface area (Å²) in [5, 5.41) is 8.86. The normalized spacial score (nSPS) is 17.0. The second-order valence-electron chi connectivity index (χ2n) is 4.16. The second kappa shape index (κ2) is 3.95. The van der Waals surface area contributed by atoms with Gasteiger partial charge in [0.05, 0.1) is 11.6 Å². The number of fused-ring (bicyclic) bond motifs is 1. The molecule has 17 heavy (non-hydrogen) atoms. The highest BCUT2D eigenvalue weighted by molar-refractivity contribution is 5.45. The minimum Gasteiger partial charge on any atom is -0.485 e. The molecule has 0 fully saturated rings. The van der Waals surface area contributed by atoms with Crippen molar-refractivity contribution in [2.75, 3.05) is 0 Å². The van der Waals surface area contributed by atoms with Crippen LogP contribution in [0.4, 0.5) is 0 Å². The summed E-state index contributed by atoms with van der Waals surface area (Å²) in [6.07, 6.45) is 0.926. The van der Waals surface area contributed by atoms with Crippen molar-refractivity contribution >= 4 is 0 Å². The van der Waals surface area contributed by atoms with E-state index in [1.54, 1.807) is 6.07 Å². The largest absolute Gasteiger partial charge is 0.485 e. The highest BCUT2D eigenvalue weighted by Crippen LogP contribution is 2.36. The highest BCUT2D eigenvalue weighted by Gasteiger charge is 2.24. The molecule has 0 saturated carbocycles. The van der Waals surface area contributed by atoms with Crippen molar-refractivity contribution in [3.05, 3.63) is 65.2 Å². The van der Waals surface area contributed by atoms with Crippen LogP contribution in [0.5, 0.6) is 5.75 Å². The first-order chi connectivity index (χ1) is 8.36. The molecule has 2 aromatic rings. The van der Waals surface area contributed by atoms with E-state index in [9.17, 15) is 0 Å². The third-order valence-corrected chi connectivity index (χ3v) is 3.04. The van der Waals surface area contributed by atoms with Gasteiger partial charge in [0.25, 0.3) is 0 Å². The van der Waals surface area contributed by atoms with Crippen LogP contribution in [0.3, 0.4) is 0 Å². The van der Waals surface area contributed by atoms with E-state index in [-0.39, 0.29) is 6.10 Å². The minimum absolute atomic E-state index is 0.0835. The van der Waals surface area contributed by atoms with E-state index in [0.29, 0.717) is 5.56 Å². The molecular formula is C15H11NO. The molecule has 1 aliphatic rings. The maximum atomic E-state index is 8.86. The summed E-state index contributed by atoms with van der Waals surface area (Å²) >= 11 is 0. The molecule has 1 unspecified atom stereocenters. The number of nitriles is 1. The molecule has 0 N–H and O–H groups in total. The van der Waals surface area contributed by atoms with Crippen LogP contribution in [-0.4, -0.2) is 0 Å². The van der Waals surface area contributed by atoms with E-state index in [0.717, 1.165) is 17.7 Å². The predicted octanol–water partition coefficient (Wildman–Crippen LogP) is 3.23. The summed E-state index contributed by atoms with van der Waals surface area (Å²) < 4.78 is 5.88. The fraction of sp³-hybridized carbons (Fsp3) is 0.133. The average molecular weight is 221 g/mol. The van der Waals surface area contributed by atoms with E-state index in [4.69, 9.17) is 10.00 Å². The molecule has 82 valence electrons. The van der Waals surface area contributed by atoms with Gasteiger partial charge in [-0.1, -0.05) is 30.3 Å². The van der Waals surface area contributed by atoms with Gasteiger partial charge >= 0.3 is 0 Å². The number of benzene rings is 2. The zero-order valence-electron chi connectivity index (χ0n) is 9.26. The van der Waals surface area contributed by atoms with E-state index in [2.05, 4.69) is 18.2 Å². The van der Waals surface area contributed by atoms with Crippen molar-refractivity contribution in [2.24, 2.45) is 0 Å². The first kappa shape index (κ1) is 9.92. The van der Waals surface area contributed by atoms with Crippen molar-refractivity contribution in [1.29, 1.82) is 5.26 Å². The summed E-state index contributed by atoms with van der Waals surface area (Å²) in [5.41, 5.74) is 3.00. The molecule has 0 spiro atoms. The third-order valence-electron chi connectivity index (χ3n) is 3.04. The highest BCUT2D eigenvalue weighted by atomic mass is 16.5. The van der Waals surface area contributed by atoms with Gasteiger partial charge in [-0.3, -0.25) is 0 Å². The maximum absolute atomic E-state index is 8.86. The van der Waals surface area contributed by atoms with Crippen LogP contribution in [0.15, 0.2) is 48.5 Å². The molecule has 0 aromatic heterocycles. The van der Waals surface area contributed by atoms with Gasteiger partial charge in [-0.05, 0) is 29.3 Å². The number of nitrogens with zero attached hydrogens (tertiary/aromatic N) is 1. The Bertz CT molecular complexity index is 584. The molecule has 2 nitrogen and oxygen atoms in total. The van der Waals surface area contributed by atoms with Crippen LogP contribution in [0.25, 0.3) is 0 Å². The van der Waals surface area contributed by atoms with E-state index >= 15 is 0 Å². The summed E-state index contributed by atoms with van der Waals surface area (Å²) in [6, 6.07) is 17.9. The van der Waals surface area contributed by atoms with Crippen LogP contribution in [-0.2, 0) is 6.42 Å². The Morgan fingerprint density at radius 1 is 1.12 bits per heavy atom. The molecule has 0 aliphatic carbocycles.